The van der Waals surface area contributed by atoms with E-state index in [1.165, 1.54) is 0 Å². The molecule has 0 saturated heterocycles. The van der Waals surface area contributed by atoms with Crippen molar-refractivity contribution in [2.24, 2.45) is 5.73 Å². The van der Waals surface area contributed by atoms with Gasteiger partial charge in [0.25, 0.3) is 0 Å². The molecule has 1 unspecified atom stereocenters. The van der Waals surface area contributed by atoms with Crippen LogP contribution in [0.4, 0.5) is 8.78 Å². The van der Waals surface area contributed by atoms with Crippen molar-refractivity contribution in [3.63, 3.8) is 0 Å². The summed E-state index contributed by atoms with van der Waals surface area (Å²) in [4.78, 5) is 11.6. The van der Waals surface area contributed by atoms with E-state index in [2.05, 4.69) is 0 Å². The van der Waals surface area contributed by atoms with Gasteiger partial charge < -0.3 is 15.6 Å². The quantitative estimate of drug-likeness (QED) is 0.718. The summed E-state index contributed by atoms with van der Waals surface area (Å²) >= 11 is 0. The Morgan fingerprint density at radius 3 is 2.40 bits per heavy atom. The molecule has 0 bridgehead atoms. The first-order chi connectivity index (χ1) is 9.46. The van der Waals surface area contributed by atoms with Crippen molar-refractivity contribution in [2.75, 3.05) is 19.8 Å². The number of hydrogen-bond acceptors (Lipinski definition) is 3. The molecule has 0 radical (unpaired) electrons. The van der Waals surface area contributed by atoms with E-state index in [1.54, 1.807) is 0 Å². The van der Waals surface area contributed by atoms with Crippen LogP contribution in [0.1, 0.15) is 25.3 Å². The minimum atomic E-state index is -1.50. The van der Waals surface area contributed by atoms with Crippen LogP contribution in [0.15, 0.2) is 18.2 Å². The molecule has 6 heteroatoms. The van der Waals surface area contributed by atoms with Gasteiger partial charge in [0.2, 0.25) is 0 Å². The summed E-state index contributed by atoms with van der Waals surface area (Å²) in [6.45, 7) is 2.49. The molecule has 0 aliphatic carbocycles. The lowest BCUT2D eigenvalue weighted by atomic mass is 9.76. The van der Waals surface area contributed by atoms with Gasteiger partial charge in [0, 0.05) is 25.8 Å². The molecule has 4 nitrogen and oxygen atoms in total. The average molecular weight is 287 g/mol. The van der Waals surface area contributed by atoms with Crippen molar-refractivity contribution in [1.29, 1.82) is 0 Å². The minimum Gasteiger partial charge on any atom is -0.481 e. The Labute approximate surface area is 116 Å². The van der Waals surface area contributed by atoms with Gasteiger partial charge in [0.05, 0.1) is 0 Å². The number of nitrogens with two attached hydrogens (primary N) is 1. The van der Waals surface area contributed by atoms with E-state index >= 15 is 0 Å². The number of aliphatic carboxylic acids is 1. The lowest BCUT2D eigenvalue weighted by molar-refractivity contribution is -0.144. The van der Waals surface area contributed by atoms with Crippen molar-refractivity contribution < 1.29 is 23.4 Å². The number of halogens is 2. The maximum atomic E-state index is 13.3. The van der Waals surface area contributed by atoms with Crippen LogP contribution in [-0.4, -0.2) is 30.8 Å². The van der Waals surface area contributed by atoms with Gasteiger partial charge >= 0.3 is 5.97 Å². The third-order valence-electron chi connectivity index (χ3n) is 3.27. The van der Waals surface area contributed by atoms with Crippen LogP contribution in [0.3, 0.4) is 0 Å². The lowest BCUT2D eigenvalue weighted by Gasteiger charge is -2.28. The molecule has 1 atom stereocenters. The highest BCUT2D eigenvalue weighted by Gasteiger charge is 2.39. The second kappa shape index (κ2) is 7.31. The van der Waals surface area contributed by atoms with E-state index in [0.29, 0.717) is 25.7 Å². The molecule has 0 aliphatic heterocycles. The van der Waals surface area contributed by atoms with Crippen LogP contribution in [0.5, 0.6) is 0 Å². The Hall–Kier alpha value is -1.53. The van der Waals surface area contributed by atoms with Gasteiger partial charge in [-0.3, -0.25) is 4.79 Å². The van der Waals surface area contributed by atoms with Gasteiger partial charge in [0.15, 0.2) is 0 Å². The van der Waals surface area contributed by atoms with Crippen LogP contribution in [0, 0.1) is 11.6 Å². The molecule has 0 heterocycles. The first kappa shape index (κ1) is 16.5. The van der Waals surface area contributed by atoms with Crippen LogP contribution in [0.25, 0.3) is 0 Å². The number of hydrogen-bond donors (Lipinski definition) is 2. The Bertz CT molecular complexity index is 447. The summed E-state index contributed by atoms with van der Waals surface area (Å²) in [6, 6.07) is 2.74. The molecule has 0 saturated carbocycles. The third kappa shape index (κ3) is 3.74. The Balaban J connectivity index is 3.06. The van der Waals surface area contributed by atoms with Gasteiger partial charge in [-0.1, -0.05) is 0 Å². The van der Waals surface area contributed by atoms with Crippen LogP contribution < -0.4 is 5.73 Å². The van der Waals surface area contributed by atoms with Crippen molar-refractivity contribution >= 4 is 5.97 Å². The Morgan fingerprint density at radius 2 is 1.95 bits per heavy atom. The number of carbonyl (C=O) groups is 1. The number of ether oxygens (including phenoxy) is 1. The molecule has 112 valence electrons. The minimum absolute atomic E-state index is 0.0431. The standard InChI is InChI=1S/C14H19F2NO3/c1-2-20-5-3-4-14(9-17,13(18)19)10-6-11(15)8-12(16)7-10/h6-8H,2-5,9,17H2,1H3,(H,18,19). The molecule has 0 amide bonds. The van der Waals surface area contributed by atoms with E-state index in [4.69, 9.17) is 10.5 Å². The SMILES string of the molecule is CCOCCCC(CN)(C(=O)O)c1cc(F)cc(F)c1. The summed E-state index contributed by atoms with van der Waals surface area (Å²) in [5.41, 5.74) is 4.13. The van der Waals surface area contributed by atoms with Crippen LogP contribution in [0.2, 0.25) is 0 Å². The summed E-state index contributed by atoms with van der Waals surface area (Å²) < 4.78 is 31.8. The number of benzene rings is 1. The van der Waals surface area contributed by atoms with E-state index in [0.717, 1.165) is 12.1 Å². The molecule has 1 rings (SSSR count). The van der Waals surface area contributed by atoms with E-state index in [9.17, 15) is 18.7 Å². The van der Waals surface area contributed by atoms with Crippen LogP contribution in [-0.2, 0) is 14.9 Å². The fourth-order valence-corrected chi connectivity index (χ4v) is 2.13. The van der Waals surface area contributed by atoms with Crippen molar-refractivity contribution in [1.82, 2.24) is 0 Å². The molecule has 0 spiro atoms. The predicted molar refractivity (Wildman–Crippen MR) is 70.5 cm³/mol. The fourth-order valence-electron chi connectivity index (χ4n) is 2.13. The van der Waals surface area contributed by atoms with Crippen molar-refractivity contribution in [2.45, 2.75) is 25.2 Å². The second-order valence-electron chi connectivity index (χ2n) is 4.55. The predicted octanol–water partition coefficient (Wildman–Crippen LogP) is 2.06. The number of carboxylic acid groups (broad SMARTS) is 1. The number of carboxylic acids is 1. The van der Waals surface area contributed by atoms with Crippen molar-refractivity contribution in [3.8, 4) is 0 Å². The first-order valence-electron chi connectivity index (χ1n) is 6.44. The van der Waals surface area contributed by atoms with Gasteiger partial charge in [-0.2, -0.15) is 0 Å². The van der Waals surface area contributed by atoms with Gasteiger partial charge in [-0.15, -0.1) is 0 Å². The molecule has 1 aromatic carbocycles. The largest absolute Gasteiger partial charge is 0.481 e. The van der Waals surface area contributed by atoms with Gasteiger partial charge in [-0.25, -0.2) is 8.78 Å². The zero-order valence-corrected chi connectivity index (χ0v) is 11.4. The lowest BCUT2D eigenvalue weighted by Crippen LogP contribution is -2.43. The topological polar surface area (TPSA) is 72.5 Å². The summed E-state index contributed by atoms with van der Waals surface area (Å²) in [5.74, 6) is -2.82. The Kier molecular flexibility index (Phi) is 6.04. The Morgan fingerprint density at radius 1 is 1.35 bits per heavy atom. The highest BCUT2D eigenvalue weighted by atomic mass is 19.1. The molecule has 1 aromatic rings. The van der Waals surface area contributed by atoms with E-state index in [-0.39, 0.29) is 18.5 Å². The second-order valence-corrected chi connectivity index (χ2v) is 4.55. The monoisotopic (exact) mass is 287 g/mol. The van der Waals surface area contributed by atoms with Crippen LogP contribution >= 0.6 is 0 Å². The molecule has 3 N–H and O–H groups in total. The number of rotatable bonds is 8. The smallest absolute Gasteiger partial charge is 0.315 e. The summed E-state index contributed by atoms with van der Waals surface area (Å²) in [5, 5.41) is 9.45. The molecule has 0 aromatic heterocycles. The average Bonchev–Trinajstić information content (AvgIpc) is 2.37. The molecule has 0 aliphatic rings. The highest BCUT2D eigenvalue weighted by Crippen LogP contribution is 2.30. The molecular formula is C14H19F2NO3. The van der Waals surface area contributed by atoms with E-state index in [1.807, 2.05) is 6.92 Å². The van der Waals surface area contributed by atoms with E-state index < -0.39 is 23.0 Å². The zero-order chi connectivity index (χ0) is 15.2. The third-order valence-corrected chi connectivity index (χ3v) is 3.27. The van der Waals surface area contributed by atoms with Gasteiger partial charge in [-0.05, 0) is 37.5 Å². The van der Waals surface area contributed by atoms with Gasteiger partial charge in [0.1, 0.15) is 17.0 Å². The fraction of sp³-hybridized carbons (Fsp3) is 0.500. The first-order valence-corrected chi connectivity index (χ1v) is 6.44. The normalized spacial score (nSPS) is 14.0. The molecule has 0 fully saturated rings. The summed E-state index contributed by atoms with van der Waals surface area (Å²) in [6.07, 6.45) is 0.594. The molecule has 20 heavy (non-hydrogen) atoms. The van der Waals surface area contributed by atoms with Crippen molar-refractivity contribution in [3.05, 3.63) is 35.4 Å². The molecular weight excluding hydrogens is 268 g/mol. The zero-order valence-electron chi connectivity index (χ0n) is 11.4. The summed E-state index contributed by atoms with van der Waals surface area (Å²) in [7, 11) is 0. The maximum Gasteiger partial charge on any atom is 0.315 e. The maximum absolute atomic E-state index is 13.3. The highest BCUT2D eigenvalue weighted by molar-refractivity contribution is 5.81.